The summed E-state index contributed by atoms with van der Waals surface area (Å²) in [7, 11) is 1.98. The number of ketones is 1. The van der Waals surface area contributed by atoms with Crippen LogP contribution in [0.15, 0.2) is 48.5 Å². The smallest absolute Gasteiger partial charge is 0.177 e. The summed E-state index contributed by atoms with van der Waals surface area (Å²) in [6.07, 6.45) is 0. The molecule has 0 amide bonds. The number of carbonyl (C=O) groups is 1. The second kappa shape index (κ2) is 6.49. The van der Waals surface area contributed by atoms with Crippen LogP contribution in [0, 0.1) is 13.8 Å². The van der Waals surface area contributed by atoms with Crippen LogP contribution < -0.4 is 0 Å². The lowest BCUT2D eigenvalue weighted by Gasteiger charge is -2.16. The first-order valence-corrected chi connectivity index (χ1v) is 6.89. The third-order valence-corrected chi connectivity index (χ3v) is 3.40. The van der Waals surface area contributed by atoms with Gasteiger partial charge in [0.2, 0.25) is 0 Å². The molecule has 0 aliphatic carbocycles. The van der Waals surface area contributed by atoms with Gasteiger partial charge in [-0.25, -0.2) is 0 Å². The third-order valence-electron chi connectivity index (χ3n) is 3.40. The van der Waals surface area contributed by atoms with Crippen LogP contribution in [0.25, 0.3) is 0 Å². The molecule has 2 nitrogen and oxygen atoms in total. The lowest BCUT2D eigenvalue weighted by molar-refractivity contribution is 0.0942. The predicted molar refractivity (Wildman–Crippen MR) is 83.0 cm³/mol. The highest BCUT2D eigenvalue weighted by molar-refractivity contribution is 5.99. The minimum absolute atomic E-state index is 0.185. The average molecular weight is 267 g/mol. The normalized spacial score (nSPS) is 10.8. The van der Waals surface area contributed by atoms with Gasteiger partial charge in [0.25, 0.3) is 0 Å². The van der Waals surface area contributed by atoms with Crippen molar-refractivity contribution < 1.29 is 4.79 Å². The van der Waals surface area contributed by atoms with E-state index in [1.807, 2.05) is 57.3 Å². The maximum atomic E-state index is 12.4. The van der Waals surface area contributed by atoms with Crippen LogP contribution in [0.5, 0.6) is 0 Å². The van der Waals surface area contributed by atoms with Gasteiger partial charge in [0.15, 0.2) is 5.78 Å². The molecule has 0 saturated heterocycles. The summed E-state index contributed by atoms with van der Waals surface area (Å²) >= 11 is 0. The zero-order valence-electron chi connectivity index (χ0n) is 12.4. The number of rotatable bonds is 5. The maximum absolute atomic E-state index is 12.4. The van der Waals surface area contributed by atoms with E-state index in [9.17, 15) is 4.79 Å². The van der Waals surface area contributed by atoms with E-state index in [1.165, 1.54) is 5.56 Å². The summed E-state index contributed by atoms with van der Waals surface area (Å²) in [6, 6.07) is 16.3. The highest BCUT2D eigenvalue weighted by Gasteiger charge is 2.12. The summed E-state index contributed by atoms with van der Waals surface area (Å²) in [4.78, 5) is 14.4. The van der Waals surface area contributed by atoms with Crippen molar-refractivity contribution in [3.8, 4) is 0 Å². The van der Waals surface area contributed by atoms with E-state index in [1.54, 1.807) is 0 Å². The zero-order chi connectivity index (χ0) is 14.5. The summed E-state index contributed by atoms with van der Waals surface area (Å²) in [6.45, 7) is 5.24. The van der Waals surface area contributed by atoms with Gasteiger partial charge in [-0.1, -0.05) is 48.0 Å². The SMILES string of the molecule is Cc1ccc(C)c(C(=O)CN(C)Cc2ccccc2)c1. The third kappa shape index (κ3) is 3.78. The van der Waals surface area contributed by atoms with Crippen LogP contribution in [-0.2, 0) is 6.54 Å². The zero-order valence-corrected chi connectivity index (χ0v) is 12.4. The molecule has 0 aliphatic rings. The minimum atomic E-state index is 0.185. The molecule has 0 spiro atoms. The van der Waals surface area contributed by atoms with Crippen molar-refractivity contribution >= 4 is 5.78 Å². The van der Waals surface area contributed by atoms with Crippen molar-refractivity contribution in [2.24, 2.45) is 0 Å². The van der Waals surface area contributed by atoms with Gasteiger partial charge in [0.05, 0.1) is 6.54 Å². The van der Waals surface area contributed by atoms with Gasteiger partial charge in [-0.2, -0.15) is 0 Å². The minimum Gasteiger partial charge on any atom is -0.295 e. The molecular weight excluding hydrogens is 246 g/mol. The standard InChI is InChI=1S/C18H21NO/c1-14-9-10-15(2)17(11-14)18(20)13-19(3)12-16-7-5-4-6-8-16/h4-11H,12-13H2,1-3H3. The number of carbonyl (C=O) groups excluding carboxylic acids is 1. The monoisotopic (exact) mass is 267 g/mol. The van der Waals surface area contributed by atoms with E-state index < -0.39 is 0 Å². The van der Waals surface area contributed by atoms with Gasteiger partial charge in [-0.05, 0) is 38.1 Å². The Bertz CT molecular complexity index is 590. The molecule has 0 aromatic heterocycles. The Morgan fingerprint density at radius 3 is 2.45 bits per heavy atom. The molecule has 0 unspecified atom stereocenters. The van der Waals surface area contributed by atoms with E-state index in [2.05, 4.69) is 17.0 Å². The van der Waals surface area contributed by atoms with E-state index in [4.69, 9.17) is 0 Å². The molecule has 2 aromatic rings. The molecule has 0 bridgehead atoms. The second-order valence-electron chi connectivity index (χ2n) is 5.40. The molecule has 104 valence electrons. The average Bonchev–Trinajstić information content (AvgIpc) is 2.42. The molecule has 0 aliphatic heterocycles. The first-order chi connectivity index (χ1) is 9.56. The molecule has 0 fully saturated rings. The summed E-state index contributed by atoms with van der Waals surface area (Å²) in [5.74, 6) is 0.185. The van der Waals surface area contributed by atoms with Crippen molar-refractivity contribution in [2.45, 2.75) is 20.4 Å². The van der Waals surface area contributed by atoms with Crippen LogP contribution in [0.4, 0.5) is 0 Å². The fourth-order valence-electron chi connectivity index (χ4n) is 2.32. The maximum Gasteiger partial charge on any atom is 0.177 e. The second-order valence-corrected chi connectivity index (χ2v) is 5.40. The lowest BCUT2D eigenvalue weighted by atomic mass is 10.0. The number of nitrogens with zero attached hydrogens (tertiary/aromatic N) is 1. The van der Waals surface area contributed by atoms with Gasteiger partial charge in [0, 0.05) is 12.1 Å². The first kappa shape index (κ1) is 14.5. The van der Waals surface area contributed by atoms with Gasteiger partial charge >= 0.3 is 0 Å². The molecule has 2 heteroatoms. The Morgan fingerprint density at radius 2 is 1.75 bits per heavy atom. The summed E-state index contributed by atoms with van der Waals surface area (Å²) in [5.41, 5.74) is 4.24. The fraction of sp³-hybridized carbons (Fsp3) is 0.278. The number of benzene rings is 2. The fourth-order valence-corrected chi connectivity index (χ4v) is 2.32. The Balaban J connectivity index is 2.02. The molecule has 2 rings (SSSR count). The van der Waals surface area contributed by atoms with Crippen molar-refractivity contribution in [1.82, 2.24) is 4.90 Å². The molecule has 20 heavy (non-hydrogen) atoms. The van der Waals surface area contributed by atoms with Crippen molar-refractivity contribution in [3.05, 3.63) is 70.8 Å². The van der Waals surface area contributed by atoms with Crippen molar-refractivity contribution in [1.29, 1.82) is 0 Å². The summed E-state index contributed by atoms with van der Waals surface area (Å²) < 4.78 is 0. The van der Waals surface area contributed by atoms with E-state index in [0.717, 1.165) is 23.2 Å². The molecule has 0 atom stereocenters. The number of aryl methyl sites for hydroxylation is 2. The Hall–Kier alpha value is -1.93. The molecular formula is C18H21NO. The van der Waals surface area contributed by atoms with Gasteiger partial charge < -0.3 is 0 Å². The van der Waals surface area contributed by atoms with E-state index in [0.29, 0.717) is 6.54 Å². The number of Topliss-reactive ketones (excluding diaryl/α,β-unsaturated/α-hetero) is 1. The van der Waals surface area contributed by atoms with Crippen LogP contribution in [0.1, 0.15) is 27.0 Å². The highest BCUT2D eigenvalue weighted by atomic mass is 16.1. The molecule has 0 N–H and O–H groups in total. The number of hydrogen-bond acceptors (Lipinski definition) is 2. The van der Waals surface area contributed by atoms with E-state index >= 15 is 0 Å². The predicted octanol–water partition coefficient (Wildman–Crippen LogP) is 3.62. The van der Waals surface area contributed by atoms with Gasteiger partial charge in [0.1, 0.15) is 0 Å². The molecule has 0 radical (unpaired) electrons. The molecule has 0 heterocycles. The van der Waals surface area contributed by atoms with Crippen LogP contribution in [0.2, 0.25) is 0 Å². The molecule has 0 saturated carbocycles. The Morgan fingerprint density at radius 1 is 1.05 bits per heavy atom. The van der Waals surface area contributed by atoms with Crippen molar-refractivity contribution in [3.63, 3.8) is 0 Å². The van der Waals surface area contributed by atoms with Crippen molar-refractivity contribution in [2.75, 3.05) is 13.6 Å². The first-order valence-electron chi connectivity index (χ1n) is 6.89. The van der Waals surface area contributed by atoms with E-state index in [-0.39, 0.29) is 5.78 Å². The number of likely N-dealkylation sites (N-methyl/N-ethyl adjacent to an activating group) is 1. The Labute approximate surface area is 121 Å². The molecule has 2 aromatic carbocycles. The van der Waals surface area contributed by atoms with Gasteiger partial charge in [-0.3, -0.25) is 9.69 Å². The van der Waals surface area contributed by atoms with Crippen LogP contribution >= 0.6 is 0 Å². The largest absolute Gasteiger partial charge is 0.295 e. The highest BCUT2D eigenvalue weighted by Crippen LogP contribution is 2.12. The van der Waals surface area contributed by atoms with Crippen LogP contribution in [-0.4, -0.2) is 24.3 Å². The number of hydrogen-bond donors (Lipinski definition) is 0. The Kier molecular flexibility index (Phi) is 4.70. The van der Waals surface area contributed by atoms with Crippen LogP contribution in [0.3, 0.4) is 0 Å². The van der Waals surface area contributed by atoms with Gasteiger partial charge in [-0.15, -0.1) is 0 Å². The summed E-state index contributed by atoms with van der Waals surface area (Å²) in [5, 5.41) is 0. The lowest BCUT2D eigenvalue weighted by Crippen LogP contribution is -2.26. The quantitative estimate of drug-likeness (QED) is 0.771. The topological polar surface area (TPSA) is 20.3 Å².